The summed E-state index contributed by atoms with van der Waals surface area (Å²) >= 11 is 0. The number of hydrogen-bond donors (Lipinski definition) is 1. The van der Waals surface area contributed by atoms with Gasteiger partial charge in [0.05, 0.1) is 6.10 Å². The molecule has 4 atom stereocenters. The lowest BCUT2D eigenvalue weighted by atomic mass is 9.80. The second-order valence-electron chi connectivity index (χ2n) is 6.07. The molecule has 3 nitrogen and oxygen atoms in total. The molecule has 0 aromatic rings. The molecule has 2 rings (SSSR count). The van der Waals surface area contributed by atoms with Crippen LogP contribution in [0.2, 0.25) is 0 Å². The summed E-state index contributed by atoms with van der Waals surface area (Å²) in [7, 11) is 0. The van der Waals surface area contributed by atoms with Crippen LogP contribution in [0.1, 0.15) is 58.8 Å². The minimum atomic E-state index is -0.186. The van der Waals surface area contributed by atoms with E-state index in [0.29, 0.717) is 17.9 Å². The van der Waals surface area contributed by atoms with E-state index in [-0.39, 0.29) is 12.0 Å². The maximum Gasteiger partial charge on any atom is 0.225 e. The normalized spacial score (nSPS) is 34.6. The smallest absolute Gasteiger partial charge is 0.225 e. The Kier molecular flexibility index (Phi) is 4.66. The summed E-state index contributed by atoms with van der Waals surface area (Å²) in [6.45, 7) is 5.00. The van der Waals surface area contributed by atoms with Gasteiger partial charge in [-0.1, -0.05) is 26.7 Å². The van der Waals surface area contributed by atoms with E-state index >= 15 is 0 Å². The predicted molar refractivity (Wildman–Crippen MR) is 72.2 cm³/mol. The van der Waals surface area contributed by atoms with E-state index in [1.54, 1.807) is 0 Å². The first kappa shape index (κ1) is 13.9. The van der Waals surface area contributed by atoms with Crippen molar-refractivity contribution in [3.8, 4) is 0 Å². The number of carbonyl (C=O) groups is 1. The van der Waals surface area contributed by atoms with Crippen molar-refractivity contribution in [2.75, 3.05) is 6.54 Å². The fourth-order valence-electron chi connectivity index (χ4n) is 3.56. The van der Waals surface area contributed by atoms with Gasteiger partial charge in [0, 0.05) is 24.4 Å². The van der Waals surface area contributed by atoms with Crippen LogP contribution in [0.3, 0.4) is 0 Å². The molecule has 0 aromatic carbocycles. The van der Waals surface area contributed by atoms with Crippen LogP contribution < -0.4 is 0 Å². The summed E-state index contributed by atoms with van der Waals surface area (Å²) < 4.78 is 0. The third kappa shape index (κ3) is 2.71. The van der Waals surface area contributed by atoms with Crippen LogP contribution in [0.4, 0.5) is 0 Å². The maximum absolute atomic E-state index is 12.4. The standard InChI is InChI=1S/C15H27NO2/c1-3-11(2)15(18)16-10-6-8-13(16)12-7-4-5-9-14(12)17/h11-14,17H,3-10H2,1-2H3. The maximum atomic E-state index is 12.4. The number of aliphatic hydroxyl groups excluding tert-OH is 1. The van der Waals surface area contributed by atoms with E-state index in [0.717, 1.165) is 45.1 Å². The van der Waals surface area contributed by atoms with Crippen molar-refractivity contribution in [1.82, 2.24) is 4.90 Å². The number of nitrogens with zero attached hydrogens (tertiary/aromatic N) is 1. The van der Waals surface area contributed by atoms with Crippen LogP contribution >= 0.6 is 0 Å². The highest BCUT2D eigenvalue weighted by molar-refractivity contribution is 5.79. The van der Waals surface area contributed by atoms with Gasteiger partial charge in [0.2, 0.25) is 5.91 Å². The van der Waals surface area contributed by atoms with Gasteiger partial charge in [-0.15, -0.1) is 0 Å². The van der Waals surface area contributed by atoms with Crippen molar-refractivity contribution in [3.05, 3.63) is 0 Å². The summed E-state index contributed by atoms with van der Waals surface area (Å²) in [5.74, 6) is 0.762. The first-order chi connectivity index (χ1) is 8.65. The molecule has 104 valence electrons. The Morgan fingerprint density at radius 1 is 1.28 bits per heavy atom. The summed E-state index contributed by atoms with van der Waals surface area (Å²) in [6, 6.07) is 0.307. The largest absolute Gasteiger partial charge is 0.393 e. The van der Waals surface area contributed by atoms with Gasteiger partial charge in [0.15, 0.2) is 0 Å². The zero-order chi connectivity index (χ0) is 13.1. The zero-order valence-corrected chi connectivity index (χ0v) is 11.8. The van der Waals surface area contributed by atoms with Gasteiger partial charge < -0.3 is 10.0 Å². The molecule has 0 spiro atoms. The van der Waals surface area contributed by atoms with Gasteiger partial charge in [-0.2, -0.15) is 0 Å². The number of rotatable bonds is 3. The van der Waals surface area contributed by atoms with Gasteiger partial charge in [-0.3, -0.25) is 4.79 Å². The van der Waals surface area contributed by atoms with Crippen molar-refractivity contribution >= 4 is 5.91 Å². The molecule has 1 aliphatic carbocycles. The number of hydrogen-bond acceptors (Lipinski definition) is 2. The van der Waals surface area contributed by atoms with E-state index in [4.69, 9.17) is 0 Å². The number of carbonyl (C=O) groups excluding carboxylic acids is 1. The van der Waals surface area contributed by atoms with Crippen LogP contribution in [0.15, 0.2) is 0 Å². The molecule has 1 heterocycles. The SMILES string of the molecule is CCC(C)C(=O)N1CCCC1C1CCCCC1O. The Bertz CT molecular complexity index is 292. The lowest BCUT2D eigenvalue weighted by Crippen LogP contribution is -2.46. The first-order valence-electron chi connectivity index (χ1n) is 7.63. The van der Waals surface area contributed by atoms with E-state index < -0.39 is 0 Å². The van der Waals surface area contributed by atoms with Gasteiger partial charge in [0.25, 0.3) is 0 Å². The van der Waals surface area contributed by atoms with Gasteiger partial charge in [-0.05, 0) is 32.1 Å². The third-order valence-corrected chi connectivity index (χ3v) is 4.89. The number of aliphatic hydroxyl groups is 1. The Morgan fingerprint density at radius 2 is 2.00 bits per heavy atom. The Hall–Kier alpha value is -0.570. The molecule has 1 saturated heterocycles. The molecule has 1 saturated carbocycles. The van der Waals surface area contributed by atoms with Gasteiger partial charge in [-0.25, -0.2) is 0 Å². The minimum Gasteiger partial charge on any atom is -0.393 e. The Balaban J connectivity index is 2.04. The van der Waals surface area contributed by atoms with Crippen LogP contribution in [0, 0.1) is 11.8 Å². The second-order valence-corrected chi connectivity index (χ2v) is 6.07. The molecule has 18 heavy (non-hydrogen) atoms. The molecule has 4 unspecified atom stereocenters. The summed E-state index contributed by atoms with van der Waals surface area (Å²) in [4.78, 5) is 14.5. The molecule has 1 N–H and O–H groups in total. The summed E-state index contributed by atoms with van der Waals surface area (Å²) in [5, 5.41) is 10.2. The monoisotopic (exact) mass is 253 g/mol. The molecule has 1 amide bonds. The van der Waals surface area contributed by atoms with Crippen LogP contribution in [-0.2, 0) is 4.79 Å². The highest BCUT2D eigenvalue weighted by Crippen LogP contribution is 2.35. The predicted octanol–water partition coefficient (Wildman–Crippen LogP) is 2.57. The van der Waals surface area contributed by atoms with Gasteiger partial charge >= 0.3 is 0 Å². The molecule has 3 heteroatoms. The summed E-state index contributed by atoms with van der Waals surface area (Å²) in [5.41, 5.74) is 0. The zero-order valence-electron chi connectivity index (χ0n) is 11.8. The van der Waals surface area contributed by atoms with Crippen molar-refractivity contribution in [3.63, 3.8) is 0 Å². The van der Waals surface area contributed by atoms with Crippen LogP contribution in [-0.4, -0.2) is 34.6 Å². The molecule has 2 fully saturated rings. The van der Waals surface area contributed by atoms with Crippen LogP contribution in [0.5, 0.6) is 0 Å². The van der Waals surface area contributed by atoms with Gasteiger partial charge in [0.1, 0.15) is 0 Å². The topological polar surface area (TPSA) is 40.5 Å². The van der Waals surface area contributed by atoms with Crippen molar-refractivity contribution in [1.29, 1.82) is 0 Å². The first-order valence-corrected chi connectivity index (χ1v) is 7.63. The number of likely N-dealkylation sites (tertiary alicyclic amines) is 1. The van der Waals surface area contributed by atoms with Crippen molar-refractivity contribution in [2.45, 2.75) is 70.9 Å². The van der Waals surface area contributed by atoms with E-state index in [9.17, 15) is 9.90 Å². The second kappa shape index (κ2) is 6.05. The summed E-state index contributed by atoms with van der Waals surface area (Å²) in [6.07, 6.45) is 7.29. The van der Waals surface area contributed by atoms with E-state index in [1.807, 2.05) is 6.92 Å². The quantitative estimate of drug-likeness (QED) is 0.840. The molecule has 2 aliphatic rings. The van der Waals surface area contributed by atoms with Crippen molar-refractivity contribution in [2.24, 2.45) is 11.8 Å². The van der Waals surface area contributed by atoms with Crippen LogP contribution in [0.25, 0.3) is 0 Å². The molecule has 1 aliphatic heterocycles. The van der Waals surface area contributed by atoms with E-state index in [2.05, 4.69) is 11.8 Å². The van der Waals surface area contributed by atoms with E-state index in [1.165, 1.54) is 6.42 Å². The highest BCUT2D eigenvalue weighted by atomic mass is 16.3. The molecular formula is C15H27NO2. The Morgan fingerprint density at radius 3 is 2.67 bits per heavy atom. The molecule has 0 bridgehead atoms. The average Bonchev–Trinajstić information content (AvgIpc) is 2.86. The Labute approximate surface area is 111 Å². The number of amides is 1. The average molecular weight is 253 g/mol. The van der Waals surface area contributed by atoms with Crippen molar-refractivity contribution < 1.29 is 9.90 Å². The fraction of sp³-hybridized carbons (Fsp3) is 0.933. The third-order valence-electron chi connectivity index (χ3n) is 4.89. The molecule has 0 aromatic heterocycles. The molecular weight excluding hydrogens is 226 g/mol. The highest BCUT2D eigenvalue weighted by Gasteiger charge is 2.39. The minimum absolute atomic E-state index is 0.131. The molecule has 0 radical (unpaired) electrons. The lowest BCUT2D eigenvalue weighted by molar-refractivity contribution is -0.138. The fourth-order valence-corrected chi connectivity index (χ4v) is 3.56. The lowest BCUT2D eigenvalue weighted by Gasteiger charge is -2.38.